The maximum Gasteiger partial charge on any atom is 0.231 e. The minimum Gasteiger partial charge on any atom is -0.493 e. The first-order chi connectivity index (χ1) is 12.8. The Labute approximate surface area is 155 Å². The average molecular weight is 367 g/mol. The molecule has 0 amide bonds. The summed E-state index contributed by atoms with van der Waals surface area (Å²) in [6.07, 6.45) is 4.01. The highest BCUT2D eigenvalue weighted by molar-refractivity contribution is 7.10. The van der Waals surface area contributed by atoms with Gasteiger partial charge >= 0.3 is 0 Å². The van der Waals surface area contributed by atoms with Crippen LogP contribution < -0.4 is 18.9 Å². The van der Waals surface area contributed by atoms with Gasteiger partial charge in [0.05, 0.1) is 19.9 Å². The first-order valence-electron chi connectivity index (χ1n) is 8.02. The van der Waals surface area contributed by atoms with Gasteiger partial charge in [-0.05, 0) is 42.0 Å². The van der Waals surface area contributed by atoms with Crippen LogP contribution in [0.25, 0.3) is 23.4 Å². The molecule has 1 aromatic heterocycles. The summed E-state index contributed by atoms with van der Waals surface area (Å²) in [7, 11) is 3.25. The molecule has 0 saturated heterocycles. The Hall–Kier alpha value is -2.99. The molecule has 0 unspecified atom stereocenters. The summed E-state index contributed by atoms with van der Waals surface area (Å²) in [6, 6.07) is 11.7. The molecule has 2 heterocycles. The molecule has 0 N–H and O–H groups in total. The van der Waals surface area contributed by atoms with Crippen molar-refractivity contribution in [1.82, 2.24) is 4.98 Å². The maximum absolute atomic E-state index is 5.40. The van der Waals surface area contributed by atoms with E-state index in [0.29, 0.717) is 11.5 Å². The number of ether oxygens (including phenoxy) is 4. The Morgan fingerprint density at radius 3 is 2.65 bits per heavy atom. The lowest BCUT2D eigenvalue weighted by Crippen LogP contribution is -1.92. The van der Waals surface area contributed by atoms with Crippen LogP contribution in [0.4, 0.5) is 0 Å². The van der Waals surface area contributed by atoms with Gasteiger partial charge in [-0.1, -0.05) is 12.1 Å². The van der Waals surface area contributed by atoms with Crippen molar-refractivity contribution in [2.24, 2.45) is 0 Å². The zero-order valence-corrected chi connectivity index (χ0v) is 15.2. The van der Waals surface area contributed by atoms with Crippen molar-refractivity contribution in [2.75, 3.05) is 21.0 Å². The first-order valence-corrected chi connectivity index (χ1v) is 8.90. The smallest absolute Gasteiger partial charge is 0.231 e. The van der Waals surface area contributed by atoms with Crippen molar-refractivity contribution in [3.63, 3.8) is 0 Å². The van der Waals surface area contributed by atoms with Gasteiger partial charge in [0, 0.05) is 10.9 Å². The molecule has 0 saturated carbocycles. The van der Waals surface area contributed by atoms with Gasteiger partial charge in [-0.3, -0.25) is 0 Å². The molecule has 5 nitrogen and oxygen atoms in total. The molecule has 6 heteroatoms. The fourth-order valence-corrected chi connectivity index (χ4v) is 3.40. The van der Waals surface area contributed by atoms with Crippen LogP contribution in [0.1, 0.15) is 10.6 Å². The molecule has 0 radical (unpaired) electrons. The molecule has 1 aliphatic heterocycles. The highest BCUT2D eigenvalue weighted by atomic mass is 32.1. The van der Waals surface area contributed by atoms with E-state index < -0.39 is 0 Å². The molecular formula is C20H17NO4S. The fraction of sp³-hybridized carbons (Fsp3) is 0.150. The van der Waals surface area contributed by atoms with Gasteiger partial charge in [0.25, 0.3) is 0 Å². The second kappa shape index (κ2) is 7.09. The molecule has 2 aromatic carbocycles. The van der Waals surface area contributed by atoms with Crippen LogP contribution in [0.3, 0.4) is 0 Å². The van der Waals surface area contributed by atoms with E-state index in [4.69, 9.17) is 18.9 Å². The van der Waals surface area contributed by atoms with Gasteiger partial charge < -0.3 is 18.9 Å². The van der Waals surface area contributed by atoms with E-state index in [-0.39, 0.29) is 6.79 Å². The first kappa shape index (κ1) is 16.5. The highest BCUT2D eigenvalue weighted by Crippen LogP contribution is 2.34. The molecule has 0 atom stereocenters. The lowest BCUT2D eigenvalue weighted by Gasteiger charge is -2.08. The Bertz CT molecular complexity index is 964. The lowest BCUT2D eigenvalue weighted by molar-refractivity contribution is 0.174. The predicted octanol–water partition coefficient (Wildman–Crippen LogP) is 4.73. The highest BCUT2D eigenvalue weighted by Gasteiger charge is 2.12. The number of methoxy groups -OCH3 is 2. The van der Waals surface area contributed by atoms with E-state index >= 15 is 0 Å². The molecule has 4 rings (SSSR count). The molecule has 26 heavy (non-hydrogen) atoms. The van der Waals surface area contributed by atoms with Crippen molar-refractivity contribution in [1.29, 1.82) is 0 Å². The van der Waals surface area contributed by atoms with Crippen LogP contribution in [0.15, 0.2) is 41.8 Å². The van der Waals surface area contributed by atoms with E-state index in [1.54, 1.807) is 25.6 Å². The minimum absolute atomic E-state index is 0.281. The van der Waals surface area contributed by atoms with Crippen LogP contribution >= 0.6 is 11.3 Å². The zero-order chi connectivity index (χ0) is 17.9. The summed E-state index contributed by atoms with van der Waals surface area (Å²) in [5.41, 5.74) is 2.93. The second-order valence-electron chi connectivity index (χ2n) is 5.59. The standard InChI is InChI=1S/C20H17NO4S/c1-22-16-7-5-14(10-18(16)23-2)15-11-26-20(21-15)8-4-13-3-6-17-19(9-13)25-12-24-17/h3-11H,12H2,1-2H3/b8-4+. The van der Waals surface area contributed by atoms with Gasteiger partial charge in [-0.25, -0.2) is 4.98 Å². The number of hydrogen-bond acceptors (Lipinski definition) is 6. The van der Waals surface area contributed by atoms with Crippen LogP contribution in [0.5, 0.6) is 23.0 Å². The van der Waals surface area contributed by atoms with Crippen molar-refractivity contribution in [3.8, 4) is 34.3 Å². The van der Waals surface area contributed by atoms with Crippen molar-refractivity contribution < 1.29 is 18.9 Å². The normalized spacial score (nSPS) is 12.5. The van der Waals surface area contributed by atoms with E-state index in [2.05, 4.69) is 4.98 Å². The second-order valence-corrected chi connectivity index (χ2v) is 6.48. The third kappa shape index (κ3) is 3.23. The summed E-state index contributed by atoms with van der Waals surface area (Å²) in [5, 5.41) is 2.95. The summed E-state index contributed by atoms with van der Waals surface area (Å²) >= 11 is 1.59. The van der Waals surface area contributed by atoms with Gasteiger partial charge in [-0.2, -0.15) is 0 Å². The number of hydrogen-bond donors (Lipinski definition) is 0. The van der Waals surface area contributed by atoms with Crippen molar-refractivity contribution in [2.45, 2.75) is 0 Å². The number of rotatable bonds is 5. The summed E-state index contributed by atoms with van der Waals surface area (Å²) in [6.45, 7) is 0.281. The number of aromatic nitrogens is 1. The quantitative estimate of drug-likeness (QED) is 0.653. The van der Waals surface area contributed by atoms with Crippen molar-refractivity contribution >= 4 is 23.5 Å². The number of nitrogens with zero attached hydrogens (tertiary/aromatic N) is 1. The molecular weight excluding hydrogens is 350 g/mol. The van der Waals surface area contributed by atoms with Gasteiger partial charge in [0.2, 0.25) is 6.79 Å². The Morgan fingerprint density at radius 1 is 0.962 bits per heavy atom. The number of fused-ring (bicyclic) bond motifs is 1. The third-order valence-electron chi connectivity index (χ3n) is 4.02. The van der Waals surface area contributed by atoms with E-state index in [1.807, 2.05) is 53.9 Å². The Morgan fingerprint density at radius 2 is 1.81 bits per heavy atom. The van der Waals surface area contributed by atoms with E-state index in [0.717, 1.165) is 33.3 Å². The summed E-state index contributed by atoms with van der Waals surface area (Å²) in [5.74, 6) is 2.95. The van der Waals surface area contributed by atoms with Crippen molar-refractivity contribution in [3.05, 3.63) is 52.3 Å². The fourth-order valence-electron chi connectivity index (χ4n) is 2.68. The molecule has 1 aliphatic rings. The monoisotopic (exact) mass is 367 g/mol. The molecule has 3 aromatic rings. The SMILES string of the molecule is COc1ccc(-c2csc(/C=C/c3ccc4c(c3)OCO4)n2)cc1OC. The average Bonchev–Trinajstić information content (AvgIpc) is 3.34. The van der Waals surface area contributed by atoms with Gasteiger partial charge in [-0.15, -0.1) is 11.3 Å². The maximum atomic E-state index is 5.40. The lowest BCUT2D eigenvalue weighted by atomic mass is 10.1. The predicted molar refractivity (Wildman–Crippen MR) is 102 cm³/mol. The number of benzene rings is 2. The molecule has 0 bridgehead atoms. The summed E-state index contributed by atoms with van der Waals surface area (Å²) < 4.78 is 21.4. The molecule has 132 valence electrons. The van der Waals surface area contributed by atoms with Crippen LogP contribution in [0, 0.1) is 0 Å². The Balaban J connectivity index is 1.55. The van der Waals surface area contributed by atoms with Gasteiger partial charge in [0.1, 0.15) is 5.01 Å². The molecule has 0 fully saturated rings. The van der Waals surface area contributed by atoms with E-state index in [1.165, 1.54) is 0 Å². The van der Waals surface area contributed by atoms with E-state index in [9.17, 15) is 0 Å². The Kier molecular flexibility index (Phi) is 4.50. The van der Waals surface area contributed by atoms with Crippen LogP contribution in [0.2, 0.25) is 0 Å². The number of thiazole rings is 1. The van der Waals surface area contributed by atoms with Crippen LogP contribution in [-0.2, 0) is 0 Å². The molecule has 0 spiro atoms. The zero-order valence-electron chi connectivity index (χ0n) is 14.4. The topological polar surface area (TPSA) is 49.8 Å². The minimum atomic E-state index is 0.281. The third-order valence-corrected chi connectivity index (χ3v) is 4.83. The van der Waals surface area contributed by atoms with Crippen LogP contribution in [-0.4, -0.2) is 26.0 Å². The molecule has 0 aliphatic carbocycles. The van der Waals surface area contributed by atoms with Gasteiger partial charge in [0.15, 0.2) is 23.0 Å². The summed E-state index contributed by atoms with van der Waals surface area (Å²) in [4.78, 5) is 4.68. The largest absolute Gasteiger partial charge is 0.493 e.